The van der Waals surface area contributed by atoms with Gasteiger partial charge in [-0.2, -0.15) is 0 Å². The predicted molar refractivity (Wildman–Crippen MR) is 68.5 cm³/mol. The first-order chi connectivity index (χ1) is 6.74. The van der Waals surface area contributed by atoms with E-state index in [0.717, 1.165) is 0 Å². The van der Waals surface area contributed by atoms with Crippen LogP contribution in [0.25, 0.3) is 0 Å². The van der Waals surface area contributed by atoms with Crippen molar-refractivity contribution in [2.75, 3.05) is 26.4 Å². The van der Waals surface area contributed by atoms with Crippen molar-refractivity contribution in [1.29, 1.82) is 0 Å². The van der Waals surface area contributed by atoms with E-state index in [1.165, 1.54) is 0 Å². The Morgan fingerprint density at radius 3 is 1.60 bits per heavy atom. The lowest BCUT2D eigenvalue weighted by Gasteiger charge is -2.28. The van der Waals surface area contributed by atoms with Crippen LogP contribution in [-0.2, 0) is 13.3 Å². The number of hydrogen-bond donors (Lipinski definition) is 1. The quantitative estimate of drug-likeness (QED) is 0.587. The molecule has 0 aromatic carbocycles. The van der Waals surface area contributed by atoms with E-state index in [9.17, 15) is 0 Å². The maximum atomic E-state index is 8.79. The van der Waals surface area contributed by atoms with Crippen LogP contribution in [0, 0.1) is 0 Å². The zero-order chi connectivity index (χ0) is 10.9. The second-order valence-electron chi connectivity index (χ2n) is 2.81. The van der Waals surface area contributed by atoms with Crippen LogP contribution in [0.2, 0.25) is 6.04 Å². The van der Waals surface area contributed by atoms with Gasteiger partial charge in [-0.25, -0.2) is 0 Å². The molecule has 0 amide bonds. The molecule has 0 aliphatic rings. The first-order valence-electron chi connectivity index (χ1n) is 5.27. The monoisotopic (exact) mass is 254 g/mol. The fraction of sp³-hybridized carbons (Fsp3) is 1.00. The minimum Gasteiger partial charge on any atom is -0.396 e. The van der Waals surface area contributed by atoms with Crippen LogP contribution < -0.4 is 0 Å². The lowest BCUT2D eigenvalue weighted by atomic mass is 10.5. The number of hydrogen-bond acceptors (Lipinski definition) is 4. The second kappa shape index (κ2) is 10.8. The summed E-state index contributed by atoms with van der Waals surface area (Å²) in [5.41, 5.74) is 0. The summed E-state index contributed by atoms with van der Waals surface area (Å²) in [6.45, 7) is 7.73. The van der Waals surface area contributed by atoms with Crippen molar-refractivity contribution >= 4 is 19.8 Å². The van der Waals surface area contributed by atoms with Gasteiger partial charge in [-0.15, -0.1) is 0 Å². The summed E-state index contributed by atoms with van der Waals surface area (Å²) in [6.07, 6.45) is 0.673. The summed E-state index contributed by atoms with van der Waals surface area (Å²) < 4.78 is 16.8. The molecule has 6 heteroatoms. The topological polar surface area (TPSA) is 47.9 Å². The smallest absolute Gasteiger partial charge is 0.396 e. The van der Waals surface area contributed by atoms with Crippen LogP contribution in [-0.4, -0.2) is 51.3 Å². The van der Waals surface area contributed by atoms with E-state index in [1.807, 2.05) is 20.8 Å². The molecule has 0 unspecified atom stereocenters. The molecule has 0 spiro atoms. The standard InChI is InChI=1S/C9H22O4Si.H4Si/c1-4-11-14(12-5-2,13-6-3)9-7-8-10;/h10H,4-9H2,1-3H3;1H4. The number of rotatable bonds is 9. The maximum absolute atomic E-state index is 8.79. The van der Waals surface area contributed by atoms with Crippen LogP contribution in [0.15, 0.2) is 0 Å². The van der Waals surface area contributed by atoms with Crippen molar-refractivity contribution in [2.24, 2.45) is 0 Å². The molecule has 0 aliphatic heterocycles. The highest BCUT2D eigenvalue weighted by Crippen LogP contribution is 2.17. The molecule has 0 aliphatic carbocycles. The predicted octanol–water partition coefficient (Wildman–Crippen LogP) is -0.0344. The van der Waals surface area contributed by atoms with E-state index >= 15 is 0 Å². The van der Waals surface area contributed by atoms with Crippen molar-refractivity contribution in [3.63, 3.8) is 0 Å². The Balaban J connectivity index is 0. The highest BCUT2D eigenvalue weighted by atomic mass is 28.4. The molecule has 0 saturated carbocycles. The van der Waals surface area contributed by atoms with Gasteiger partial charge in [0.1, 0.15) is 0 Å². The van der Waals surface area contributed by atoms with Crippen molar-refractivity contribution in [3.8, 4) is 0 Å². The van der Waals surface area contributed by atoms with Gasteiger partial charge < -0.3 is 18.4 Å². The van der Waals surface area contributed by atoms with Crippen LogP contribution in [0.5, 0.6) is 0 Å². The van der Waals surface area contributed by atoms with Gasteiger partial charge in [0.25, 0.3) is 0 Å². The van der Waals surface area contributed by atoms with Crippen molar-refractivity contribution in [1.82, 2.24) is 0 Å². The Morgan fingerprint density at radius 2 is 1.33 bits per heavy atom. The van der Waals surface area contributed by atoms with Gasteiger partial charge in [0.2, 0.25) is 0 Å². The van der Waals surface area contributed by atoms with Crippen LogP contribution in [0.3, 0.4) is 0 Å². The summed E-state index contributed by atoms with van der Waals surface area (Å²) in [7, 11) is -2.48. The van der Waals surface area contributed by atoms with Crippen LogP contribution >= 0.6 is 0 Å². The molecule has 0 saturated heterocycles. The van der Waals surface area contributed by atoms with Gasteiger partial charge in [-0.05, 0) is 38.2 Å². The minimum atomic E-state index is -2.48. The third-order valence-corrected chi connectivity index (χ3v) is 4.89. The Hall–Kier alpha value is 0.274. The van der Waals surface area contributed by atoms with Crippen molar-refractivity contribution < 1.29 is 18.4 Å². The van der Waals surface area contributed by atoms with Crippen LogP contribution in [0.1, 0.15) is 27.2 Å². The zero-order valence-electron chi connectivity index (χ0n) is 9.41. The van der Waals surface area contributed by atoms with E-state index in [1.54, 1.807) is 0 Å². The summed E-state index contributed by atoms with van der Waals surface area (Å²) in [4.78, 5) is 0. The lowest BCUT2D eigenvalue weighted by Crippen LogP contribution is -2.46. The molecule has 0 radical (unpaired) electrons. The number of aliphatic hydroxyl groups is 1. The average Bonchev–Trinajstić information content (AvgIpc) is 2.16. The molecule has 15 heavy (non-hydrogen) atoms. The normalized spacial score (nSPS) is 11.2. The van der Waals surface area contributed by atoms with E-state index < -0.39 is 8.80 Å². The molecule has 0 fully saturated rings. The lowest BCUT2D eigenvalue weighted by molar-refractivity contribution is 0.0693. The second-order valence-corrected chi connectivity index (χ2v) is 5.54. The van der Waals surface area contributed by atoms with E-state index in [-0.39, 0.29) is 17.6 Å². The van der Waals surface area contributed by atoms with Gasteiger partial charge in [0.05, 0.1) is 0 Å². The molecular formula is C9H26O4Si2. The minimum absolute atomic E-state index is 0. The summed E-state index contributed by atoms with van der Waals surface area (Å²) in [6, 6.07) is 0.693. The Morgan fingerprint density at radius 1 is 0.933 bits per heavy atom. The third kappa shape index (κ3) is 7.21. The fourth-order valence-corrected chi connectivity index (χ4v) is 3.89. The Bertz CT molecular complexity index is 118. The molecule has 0 aromatic heterocycles. The molecule has 4 nitrogen and oxygen atoms in total. The molecule has 1 N–H and O–H groups in total. The van der Waals surface area contributed by atoms with E-state index in [2.05, 4.69) is 0 Å². The third-order valence-electron chi connectivity index (χ3n) is 1.73. The largest absolute Gasteiger partial charge is 0.501 e. The van der Waals surface area contributed by atoms with Crippen molar-refractivity contribution in [3.05, 3.63) is 0 Å². The summed E-state index contributed by atoms with van der Waals surface area (Å²) in [5, 5.41) is 8.79. The fourth-order valence-electron chi connectivity index (χ4n) is 1.30. The van der Waals surface area contributed by atoms with Crippen molar-refractivity contribution in [2.45, 2.75) is 33.2 Å². The van der Waals surface area contributed by atoms with Gasteiger partial charge >= 0.3 is 8.80 Å². The zero-order valence-corrected chi connectivity index (χ0v) is 10.4. The van der Waals surface area contributed by atoms with Gasteiger partial charge in [-0.1, -0.05) is 0 Å². The Kier molecular flexibility index (Phi) is 12.7. The summed E-state index contributed by atoms with van der Waals surface area (Å²) in [5.74, 6) is 0. The molecular weight excluding hydrogens is 228 g/mol. The number of aliphatic hydroxyl groups excluding tert-OH is 1. The average molecular weight is 254 g/mol. The maximum Gasteiger partial charge on any atom is 0.501 e. The molecule has 0 heterocycles. The first-order valence-corrected chi connectivity index (χ1v) is 7.20. The van der Waals surface area contributed by atoms with Gasteiger partial charge in [-0.3, -0.25) is 0 Å². The molecule has 0 aromatic rings. The highest BCUT2D eigenvalue weighted by molar-refractivity contribution is 6.60. The van der Waals surface area contributed by atoms with Crippen LogP contribution in [0.4, 0.5) is 0 Å². The summed E-state index contributed by atoms with van der Waals surface area (Å²) >= 11 is 0. The Labute approximate surface area is 98.3 Å². The molecule has 0 rings (SSSR count). The molecule has 94 valence electrons. The molecule has 0 bridgehead atoms. The van der Waals surface area contributed by atoms with E-state index in [0.29, 0.717) is 32.3 Å². The highest BCUT2D eigenvalue weighted by Gasteiger charge is 2.39. The van der Waals surface area contributed by atoms with Gasteiger partial charge in [0, 0.05) is 32.5 Å². The van der Waals surface area contributed by atoms with E-state index in [4.69, 9.17) is 18.4 Å². The van der Waals surface area contributed by atoms with Gasteiger partial charge in [0.15, 0.2) is 0 Å². The molecule has 0 atom stereocenters. The first kappa shape index (κ1) is 17.7. The SMILES string of the molecule is CCO[Si](CCCO)(OCC)OCC.[SiH4].